The van der Waals surface area contributed by atoms with Crippen LogP contribution in [-0.2, 0) is 0 Å². The van der Waals surface area contributed by atoms with Crippen LogP contribution in [0.2, 0.25) is 0 Å². The molecule has 0 saturated carbocycles. The van der Waals surface area contributed by atoms with Crippen LogP contribution < -0.4 is 5.73 Å². The Morgan fingerprint density at radius 1 is 0.941 bits per heavy atom. The zero-order valence-electron chi connectivity index (χ0n) is 18.0. The minimum absolute atomic E-state index is 0.112. The first-order chi connectivity index (χ1) is 16.3. The van der Waals surface area contributed by atoms with Crippen LogP contribution in [0.4, 0.5) is 18.9 Å². The van der Waals surface area contributed by atoms with Crippen LogP contribution in [0.5, 0.6) is 0 Å². The van der Waals surface area contributed by atoms with E-state index in [1.54, 1.807) is 55.8 Å². The molecule has 0 unspecified atom stereocenters. The second-order valence-corrected chi connectivity index (χ2v) is 7.66. The second-order valence-electron chi connectivity index (χ2n) is 7.14. The third-order valence-corrected chi connectivity index (χ3v) is 5.02. The Morgan fingerprint density at radius 3 is 2.29 bits per heavy atom. The first-order valence-electron chi connectivity index (χ1n) is 10.0. The number of anilines is 1. The van der Waals surface area contributed by atoms with E-state index in [9.17, 15) is 18.0 Å². The Hall–Kier alpha value is -3.98. The third kappa shape index (κ3) is 6.08. The molecular weight excluding hydrogens is 461 g/mol. The van der Waals surface area contributed by atoms with E-state index in [1.165, 1.54) is 18.3 Å². The molecule has 2 aromatic heterocycles. The lowest BCUT2D eigenvalue weighted by Gasteiger charge is -2.09. The average Bonchev–Trinajstić information content (AvgIpc) is 2.80. The van der Waals surface area contributed by atoms with Crippen molar-refractivity contribution in [1.29, 1.82) is 0 Å². The highest BCUT2D eigenvalue weighted by atomic mass is 32.1. The second kappa shape index (κ2) is 11.2. The summed E-state index contributed by atoms with van der Waals surface area (Å²) in [5.74, 6) is -3.07. The van der Waals surface area contributed by atoms with Crippen molar-refractivity contribution in [1.82, 2.24) is 15.2 Å². The van der Waals surface area contributed by atoms with Crippen LogP contribution in [0.1, 0.15) is 21.5 Å². The van der Waals surface area contributed by atoms with Crippen molar-refractivity contribution >= 4 is 24.1 Å². The molecule has 0 atom stereocenters. The van der Waals surface area contributed by atoms with Gasteiger partial charge in [-0.05, 0) is 72.1 Å². The molecule has 9 heteroatoms. The Kier molecular flexibility index (Phi) is 8.15. The number of ketones is 1. The number of nitrogen functional groups attached to an aromatic ring is 1. The van der Waals surface area contributed by atoms with E-state index in [-0.39, 0.29) is 17.1 Å². The molecule has 0 fully saturated rings. The number of carbonyl (C=O) groups is 1. The molecule has 0 spiro atoms. The summed E-state index contributed by atoms with van der Waals surface area (Å²) in [6.45, 7) is 1.69. The summed E-state index contributed by atoms with van der Waals surface area (Å²) in [5.41, 5.74) is 6.79. The number of H-pyrrole nitrogens is 2. The van der Waals surface area contributed by atoms with Gasteiger partial charge in [0.25, 0.3) is 0 Å². The van der Waals surface area contributed by atoms with Gasteiger partial charge in [-0.15, -0.1) is 12.6 Å². The van der Waals surface area contributed by atoms with Gasteiger partial charge in [-0.25, -0.2) is 13.2 Å². The maximum atomic E-state index is 14.2. The number of thiol groups is 1. The number of halogens is 3. The predicted octanol–water partition coefficient (Wildman–Crippen LogP) is 6.04. The summed E-state index contributed by atoms with van der Waals surface area (Å²) in [6.07, 6.45) is 6.35. The number of hydrogen-bond donors (Lipinski definition) is 4. The molecule has 4 N–H and O–H groups in total. The molecule has 5 nitrogen and oxygen atoms in total. The molecule has 2 aromatic carbocycles. The van der Waals surface area contributed by atoms with Crippen LogP contribution in [0.3, 0.4) is 0 Å². The van der Waals surface area contributed by atoms with Gasteiger partial charge in [0.15, 0.2) is 5.82 Å². The van der Waals surface area contributed by atoms with E-state index >= 15 is 0 Å². The quantitative estimate of drug-likeness (QED) is 0.163. The highest BCUT2D eigenvalue weighted by Crippen LogP contribution is 2.24. The number of aryl methyl sites for hydroxylation is 1. The molecule has 0 saturated heterocycles. The van der Waals surface area contributed by atoms with Crippen molar-refractivity contribution < 1.29 is 18.0 Å². The Morgan fingerprint density at radius 2 is 1.65 bits per heavy atom. The van der Waals surface area contributed by atoms with E-state index in [0.29, 0.717) is 10.5 Å². The number of nitrogens with zero attached hydrogens (tertiary/aromatic N) is 1. The number of aromatic nitrogens is 3. The van der Waals surface area contributed by atoms with Crippen LogP contribution in [0.15, 0.2) is 84.3 Å². The molecule has 4 aromatic rings. The lowest BCUT2D eigenvalue weighted by atomic mass is 9.98. The van der Waals surface area contributed by atoms with Gasteiger partial charge in [0.2, 0.25) is 5.78 Å². The molecule has 2 heterocycles. The summed E-state index contributed by atoms with van der Waals surface area (Å²) < 4.78 is 40.4. The molecule has 174 valence electrons. The molecule has 4 rings (SSSR count). The minimum atomic E-state index is -1.07. The number of nitrogens with two attached hydrogens (primary N) is 1. The maximum Gasteiger partial charge on any atom is 0.200 e. The predicted molar refractivity (Wildman–Crippen MR) is 129 cm³/mol. The molecular formula is C25H21F3N4OS. The number of aromatic amines is 2. The van der Waals surface area contributed by atoms with Crippen molar-refractivity contribution in [3.63, 3.8) is 0 Å². The minimum Gasteiger partial charge on any atom is -0.396 e. The lowest BCUT2D eigenvalue weighted by Crippen LogP contribution is -2.11. The standard InChI is InChI=1S/C19H16F2N4O.C6H5FS/c1-11-8-13(12-4-6-23-7-5-12)9-24-25-10-14(11)19(26)17-15(20)2-3-16(22)18(17)21;7-5-2-1-3-6(8)4-5/h2-10,24-25H,22H2,1H3;1-4,8H. The van der Waals surface area contributed by atoms with Crippen molar-refractivity contribution in [3.05, 3.63) is 114 Å². The Labute approximate surface area is 199 Å². The van der Waals surface area contributed by atoms with Gasteiger partial charge in [-0.2, -0.15) is 0 Å². The number of pyridine rings is 1. The maximum absolute atomic E-state index is 14.2. The number of carbonyl (C=O) groups excluding carboxylic acids is 1. The summed E-state index contributed by atoms with van der Waals surface area (Å²) in [7, 11) is 0. The van der Waals surface area contributed by atoms with Gasteiger partial charge in [0.1, 0.15) is 11.6 Å². The molecule has 0 aliphatic heterocycles. The van der Waals surface area contributed by atoms with Crippen LogP contribution in [0.25, 0.3) is 11.1 Å². The molecule has 0 bridgehead atoms. The molecule has 0 aliphatic rings. The normalized spacial score (nSPS) is 10.1. The topological polar surface area (TPSA) is 87.6 Å². The fourth-order valence-electron chi connectivity index (χ4n) is 3.04. The van der Waals surface area contributed by atoms with Crippen molar-refractivity contribution in [2.24, 2.45) is 0 Å². The first-order valence-corrected chi connectivity index (χ1v) is 10.5. The zero-order valence-corrected chi connectivity index (χ0v) is 18.9. The van der Waals surface area contributed by atoms with E-state index < -0.39 is 23.0 Å². The van der Waals surface area contributed by atoms with Crippen LogP contribution in [0, 0.1) is 24.4 Å². The van der Waals surface area contributed by atoms with Crippen LogP contribution in [-0.4, -0.2) is 21.0 Å². The van der Waals surface area contributed by atoms with Gasteiger partial charge in [0.05, 0.1) is 11.3 Å². The van der Waals surface area contributed by atoms with Gasteiger partial charge >= 0.3 is 0 Å². The van der Waals surface area contributed by atoms with Gasteiger partial charge < -0.3 is 15.9 Å². The fourth-order valence-corrected chi connectivity index (χ4v) is 3.25. The number of benzene rings is 2. The Bertz CT molecular complexity index is 1330. The largest absolute Gasteiger partial charge is 0.396 e. The Balaban J connectivity index is 0.000000343. The van der Waals surface area contributed by atoms with Crippen molar-refractivity contribution in [2.45, 2.75) is 11.8 Å². The van der Waals surface area contributed by atoms with E-state index in [1.807, 2.05) is 0 Å². The van der Waals surface area contributed by atoms with Gasteiger partial charge in [-0.3, -0.25) is 9.78 Å². The monoisotopic (exact) mass is 482 g/mol. The fraction of sp³-hybridized carbons (Fsp3) is 0.0400. The third-order valence-electron chi connectivity index (χ3n) is 4.74. The molecule has 34 heavy (non-hydrogen) atoms. The summed E-state index contributed by atoms with van der Waals surface area (Å²) in [5, 5.41) is 5.55. The van der Waals surface area contributed by atoms with E-state index in [0.717, 1.165) is 23.3 Å². The number of hydrogen-bond acceptors (Lipinski definition) is 4. The molecule has 0 aliphatic carbocycles. The van der Waals surface area contributed by atoms with Gasteiger partial charge in [0, 0.05) is 35.2 Å². The summed E-state index contributed by atoms with van der Waals surface area (Å²) in [6, 6.07) is 13.5. The lowest BCUT2D eigenvalue weighted by molar-refractivity contribution is 0.103. The smallest absolute Gasteiger partial charge is 0.200 e. The zero-order chi connectivity index (χ0) is 24.7. The summed E-state index contributed by atoms with van der Waals surface area (Å²) >= 11 is 3.91. The van der Waals surface area contributed by atoms with Gasteiger partial charge in [-0.1, -0.05) is 6.07 Å². The highest BCUT2D eigenvalue weighted by Gasteiger charge is 2.22. The SMILES string of the molecule is Cc1cc(-c2ccncc2)c[nH][nH]cc1C(=O)c1c(F)ccc(N)c1F.Fc1cccc(S)c1. The molecule has 0 amide bonds. The van der Waals surface area contributed by atoms with Crippen LogP contribution >= 0.6 is 12.6 Å². The van der Waals surface area contributed by atoms with Crippen molar-refractivity contribution in [2.75, 3.05) is 5.73 Å². The van der Waals surface area contributed by atoms with E-state index in [2.05, 4.69) is 27.8 Å². The summed E-state index contributed by atoms with van der Waals surface area (Å²) in [4.78, 5) is 17.4. The number of rotatable bonds is 3. The first kappa shape index (κ1) is 24.7. The molecule has 0 radical (unpaired) electrons. The van der Waals surface area contributed by atoms with E-state index in [4.69, 9.17) is 5.73 Å². The van der Waals surface area contributed by atoms with Crippen molar-refractivity contribution in [3.8, 4) is 11.1 Å². The highest BCUT2D eigenvalue weighted by molar-refractivity contribution is 7.80. The number of nitrogens with one attached hydrogen (secondary N) is 2. The average molecular weight is 483 g/mol.